The van der Waals surface area contributed by atoms with Gasteiger partial charge in [-0.15, -0.1) is 0 Å². The number of methoxy groups -OCH3 is 1. The minimum absolute atomic E-state index is 0.0405. The van der Waals surface area contributed by atoms with Gasteiger partial charge >= 0.3 is 0 Å². The summed E-state index contributed by atoms with van der Waals surface area (Å²) < 4.78 is 6.95. The van der Waals surface area contributed by atoms with E-state index in [4.69, 9.17) is 4.74 Å². The van der Waals surface area contributed by atoms with E-state index < -0.39 is 11.7 Å². The minimum Gasteiger partial charge on any atom is -0.480 e. The zero-order valence-corrected chi connectivity index (χ0v) is 18.8. The molecule has 0 aliphatic rings. The number of carbonyl (C=O) groups excluding carboxylic acids is 2. The Bertz CT molecular complexity index is 1530. The Balaban J connectivity index is 1.43. The molecule has 1 amide bonds. The highest BCUT2D eigenvalue weighted by molar-refractivity contribution is 6.45. The van der Waals surface area contributed by atoms with E-state index in [1.807, 2.05) is 54.6 Å². The van der Waals surface area contributed by atoms with Gasteiger partial charge in [0.05, 0.1) is 18.8 Å². The number of Topliss-reactive ketones (excluding diaryl/α,β-unsaturated/α-hetero) is 1. The molecule has 0 aliphatic heterocycles. The second-order valence-corrected chi connectivity index (χ2v) is 7.70. The van der Waals surface area contributed by atoms with Gasteiger partial charge < -0.3 is 14.6 Å². The first kappa shape index (κ1) is 21.9. The van der Waals surface area contributed by atoms with Crippen LogP contribution in [-0.2, 0) is 11.3 Å². The van der Waals surface area contributed by atoms with Crippen LogP contribution in [0.1, 0.15) is 16.2 Å². The zero-order chi connectivity index (χ0) is 24.2. The van der Waals surface area contributed by atoms with Crippen LogP contribution in [0.15, 0.2) is 85.5 Å². The van der Waals surface area contributed by atoms with Crippen molar-refractivity contribution in [2.75, 3.05) is 12.4 Å². The lowest BCUT2D eigenvalue weighted by Crippen LogP contribution is -2.26. The molecule has 0 aliphatic carbocycles. The van der Waals surface area contributed by atoms with Crippen LogP contribution in [0.2, 0.25) is 0 Å². The van der Waals surface area contributed by atoms with Gasteiger partial charge in [-0.25, -0.2) is 9.97 Å². The van der Waals surface area contributed by atoms with Crippen LogP contribution in [-0.4, -0.2) is 43.5 Å². The summed E-state index contributed by atoms with van der Waals surface area (Å²) in [6.07, 6.45) is 6.40. The van der Waals surface area contributed by atoms with E-state index in [2.05, 4.69) is 25.5 Å². The topological polar surface area (TPSA) is 112 Å². The molecule has 172 valence electrons. The highest BCUT2D eigenvalue weighted by atomic mass is 16.5. The van der Waals surface area contributed by atoms with E-state index in [9.17, 15) is 9.59 Å². The maximum Gasteiger partial charge on any atom is 0.300 e. The molecule has 3 heterocycles. The molecule has 35 heavy (non-hydrogen) atoms. The number of aromatic nitrogens is 5. The summed E-state index contributed by atoms with van der Waals surface area (Å²) in [6.45, 7) is 0.414. The fraction of sp³-hybridized carbons (Fsp3) is 0.0769. The molecule has 1 N–H and O–H groups in total. The largest absolute Gasteiger partial charge is 0.480 e. The third-order valence-corrected chi connectivity index (χ3v) is 5.47. The average Bonchev–Trinajstić information content (AvgIpc) is 3.36. The number of ether oxygens (including phenoxy) is 1. The summed E-state index contributed by atoms with van der Waals surface area (Å²) in [4.78, 5) is 34.3. The van der Waals surface area contributed by atoms with Gasteiger partial charge in [-0.2, -0.15) is 10.2 Å². The Morgan fingerprint density at radius 1 is 1.00 bits per heavy atom. The summed E-state index contributed by atoms with van der Waals surface area (Å²) in [6, 6.07) is 18.9. The number of pyridine rings is 1. The Labute approximate surface area is 200 Å². The van der Waals surface area contributed by atoms with Crippen molar-refractivity contribution < 1.29 is 14.3 Å². The minimum atomic E-state index is -0.847. The summed E-state index contributed by atoms with van der Waals surface area (Å²) in [5.74, 6) is -1.40. The van der Waals surface area contributed by atoms with Crippen LogP contribution < -0.4 is 10.1 Å². The number of benzene rings is 2. The number of hydrogen-bond donors (Lipinski definition) is 1. The van der Waals surface area contributed by atoms with Crippen LogP contribution in [0.3, 0.4) is 0 Å². The molecule has 3 aromatic heterocycles. The molecule has 0 bridgehead atoms. The van der Waals surface area contributed by atoms with Gasteiger partial charge in [0.2, 0.25) is 5.88 Å². The standard InChI is InChI=1S/C26H20N6O3/c1-35-26-22(13-18(14-28-26)20-15-29-31-21-10-6-5-9-19(20)21)30-25(34)23(33)24-27-11-12-32(24)16-17-7-3-2-4-8-17/h2-15H,16H2,1H3,(H,30,34). The second-order valence-electron chi connectivity index (χ2n) is 7.70. The SMILES string of the molecule is COc1ncc(-c2cnnc3ccccc23)cc1NC(=O)C(=O)c1nccn1Cc1ccccc1. The van der Waals surface area contributed by atoms with Crippen LogP contribution in [0.4, 0.5) is 5.69 Å². The van der Waals surface area contributed by atoms with Crippen molar-refractivity contribution in [3.05, 3.63) is 96.8 Å². The molecule has 0 unspecified atom stereocenters. The Kier molecular flexibility index (Phi) is 5.96. The number of nitrogens with zero attached hydrogens (tertiary/aromatic N) is 5. The van der Waals surface area contributed by atoms with E-state index in [-0.39, 0.29) is 17.4 Å². The monoisotopic (exact) mass is 464 g/mol. The quantitative estimate of drug-likeness (QED) is 0.288. The number of anilines is 1. The van der Waals surface area contributed by atoms with E-state index in [0.29, 0.717) is 12.1 Å². The van der Waals surface area contributed by atoms with Crippen molar-refractivity contribution in [1.82, 2.24) is 24.7 Å². The van der Waals surface area contributed by atoms with Gasteiger partial charge in [-0.05, 0) is 17.7 Å². The lowest BCUT2D eigenvalue weighted by Gasteiger charge is -2.12. The van der Waals surface area contributed by atoms with Crippen LogP contribution in [0.25, 0.3) is 22.0 Å². The molecule has 9 nitrogen and oxygen atoms in total. The van der Waals surface area contributed by atoms with E-state index in [1.54, 1.807) is 29.2 Å². The first-order valence-electron chi connectivity index (χ1n) is 10.8. The molecular weight excluding hydrogens is 444 g/mol. The summed E-state index contributed by atoms with van der Waals surface area (Å²) in [5, 5.41) is 11.7. The van der Waals surface area contributed by atoms with E-state index in [0.717, 1.165) is 22.0 Å². The molecule has 0 fully saturated rings. The predicted octanol–water partition coefficient (Wildman–Crippen LogP) is 3.77. The number of imidazole rings is 1. The highest BCUT2D eigenvalue weighted by Gasteiger charge is 2.23. The van der Waals surface area contributed by atoms with Gasteiger partial charge in [0.15, 0.2) is 5.82 Å². The maximum absolute atomic E-state index is 13.0. The molecule has 2 aromatic carbocycles. The van der Waals surface area contributed by atoms with E-state index >= 15 is 0 Å². The first-order valence-corrected chi connectivity index (χ1v) is 10.8. The van der Waals surface area contributed by atoms with Gasteiger partial charge in [-0.3, -0.25) is 9.59 Å². The molecule has 0 atom stereocenters. The highest BCUT2D eigenvalue weighted by Crippen LogP contribution is 2.31. The molecule has 0 saturated heterocycles. The molecule has 5 aromatic rings. The van der Waals surface area contributed by atoms with Crippen molar-refractivity contribution >= 4 is 28.3 Å². The number of ketones is 1. The predicted molar refractivity (Wildman–Crippen MR) is 130 cm³/mol. The number of amides is 1. The van der Waals surface area contributed by atoms with E-state index in [1.165, 1.54) is 13.3 Å². The number of rotatable bonds is 7. The van der Waals surface area contributed by atoms with Crippen molar-refractivity contribution in [2.24, 2.45) is 0 Å². The summed E-state index contributed by atoms with van der Waals surface area (Å²) in [5.41, 5.74) is 3.44. The van der Waals surface area contributed by atoms with Crippen LogP contribution >= 0.6 is 0 Å². The van der Waals surface area contributed by atoms with Crippen LogP contribution in [0.5, 0.6) is 5.88 Å². The molecule has 0 radical (unpaired) electrons. The second kappa shape index (κ2) is 9.52. The Hall–Kier alpha value is -4.92. The van der Waals surface area contributed by atoms with Gasteiger partial charge in [-0.1, -0.05) is 48.5 Å². The summed E-state index contributed by atoms with van der Waals surface area (Å²) in [7, 11) is 1.44. The van der Waals surface area contributed by atoms with Crippen molar-refractivity contribution in [3.63, 3.8) is 0 Å². The molecule has 0 saturated carbocycles. The lowest BCUT2D eigenvalue weighted by molar-refractivity contribution is -0.112. The van der Waals surface area contributed by atoms with Gasteiger partial charge in [0, 0.05) is 41.6 Å². The smallest absolute Gasteiger partial charge is 0.300 e. The van der Waals surface area contributed by atoms with Crippen molar-refractivity contribution in [2.45, 2.75) is 6.54 Å². The number of carbonyl (C=O) groups is 2. The molecular formula is C26H20N6O3. The van der Waals surface area contributed by atoms with Crippen molar-refractivity contribution in [3.8, 4) is 17.0 Å². The van der Waals surface area contributed by atoms with Crippen molar-refractivity contribution in [1.29, 1.82) is 0 Å². The zero-order valence-electron chi connectivity index (χ0n) is 18.8. The molecule has 9 heteroatoms. The third kappa shape index (κ3) is 4.47. The average molecular weight is 464 g/mol. The Morgan fingerprint density at radius 2 is 1.80 bits per heavy atom. The number of fused-ring (bicyclic) bond motifs is 1. The fourth-order valence-electron chi connectivity index (χ4n) is 3.80. The number of hydrogen-bond acceptors (Lipinski definition) is 7. The third-order valence-electron chi connectivity index (χ3n) is 5.47. The Morgan fingerprint density at radius 3 is 2.63 bits per heavy atom. The fourth-order valence-corrected chi connectivity index (χ4v) is 3.80. The number of nitrogens with one attached hydrogen (secondary N) is 1. The summed E-state index contributed by atoms with van der Waals surface area (Å²) >= 11 is 0. The molecule has 5 rings (SSSR count). The maximum atomic E-state index is 13.0. The lowest BCUT2D eigenvalue weighted by atomic mass is 10.0. The molecule has 0 spiro atoms. The van der Waals surface area contributed by atoms with Gasteiger partial charge in [0.25, 0.3) is 11.7 Å². The van der Waals surface area contributed by atoms with Gasteiger partial charge in [0.1, 0.15) is 5.69 Å². The normalized spacial score (nSPS) is 10.8. The first-order chi connectivity index (χ1) is 17.1. The van der Waals surface area contributed by atoms with Crippen LogP contribution in [0, 0.1) is 0 Å².